The highest BCUT2D eigenvalue weighted by Gasteiger charge is 1.85. The molecular weight excluding hydrogens is 102 g/mol. The van der Waals surface area contributed by atoms with Gasteiger partial charge in [0, 0.05) is 12.4 Å². The second-order valence-corrected chi connectivity index (χ2v) is 1.42. The second kappa shape index (κ2) is 2.26. The fourth-order valence-electron chi connectivity index (χ4n) is 0.490. The maximum atomic E-state index is 3.92. The minimum atomic E-state index is 0.576. The SMILES string of the molecule is C=NCc1ncc[nH]1. The first kappa shape index (κ1) is 5.03. The van der Waals surface area contributed by atoms with E-state index in [2.05, 4.69) is 21.7 Å². The summed E-state index contributed by atoms with van der Waals surface area (Å²) in [5.41, 5.74) is 0. The zero-order valence-electron chi connectivity index (χ0n) is 4.46. The second-order valence-electron chi connectivity index (χ2n) is 1.42. The number of hydrogen-bond acceptors (Lipinski definition) is 2. The number of aromatic nitrogens is 2. The third kappa shape index (κ3) is 0.932. The minimum Gasteiger partial charge on any atom is -0.347 e. The normalized spacial score (nSPS) is 9.00. The van der Waals surface area contributed by atoms with Gasteiger partial charge in [-0.2, -0.15) is 0 Å². The summed E-state index contributed by atoms with van der Waals surface area (Å²) < 4.78 is 0. The molecule has 1 N–H and O–H groups in total. The molecule has 0 fully saturated rings. The summed E-state index contributed by atoms with van der Waals surface area (Å²) in [6.07, 6.45) is 3.46. The minimum absolute atomic E-state index is 0.576. The number of hydrogen-bond donors (Lipinski definition) is 1. The Morgan fingerprint density at radius 3 is 3.25 bits per heavy atom. The molecule has 0 aliphatic heterocycles. The summed E-state index contributed by atoms with van der Waals surface area (Å²) in [5.74, 6) is 0.861. The van der Waals surface area contributed by atoms with Gasteiger partial charge in [-0.15, -0.1) is 0 Å². The molecule has 8 heavy (non-hydrogen) atoms. The number of H-pyrrole nitrogens is 1. The van der Waals surface area contributed by atoms with Gasteiger partial charge in [0.2, 0.25) is 0 Å². The van der Waals surface area contributed by atoms with Gasteiger partial charge in [-0.25, -0.2) is 4.98 Å². The van der Waals surface area contributed by atoms with E-state index in [0.717, 1.165) is 5.82 Å². The number of imidazole rings is 1. The Balaban J connectivity index is 2.62. The Labute approximate surface area is 47.5 Å². The molecule has 1 rings (SSSR count). The highest BCUT2D eigenvalue weighted by molar-refractivity contribution is 5.23. The van der Waals surface area contributed by atoms with Crippen molar-refractivity contribution in [1.29, 1.82) is 0 Å². The highest BCUT2D eigenvalue weighted by Crippen LogP contribution is 1.87. The Morgan fingerprint density at radius 1 is 1.88 bits per heavy atom. The van der Waals surface area contributed by atoms with Crippen molar-refractivity contribution in [2.45, 2.75) is 6.54 Å². The number of nitrogens with zero attached hydrogens (tertiary/aromatic N) is 2. The van der Waals surface area contributed by atoms with E-state index in [1.807, 2.05) is 0 Å². The van der Waals surface area contributed by atoms with Gasteiger partial charge in [0.1, 0.15) is 5.82 Å². The summed E-state index contributed by atoms with van der Waals surface area (Å²) in [7, 11) is 0. The van der Waals surface area contributed by atoms with Gasteiger partial charge >= 0.3 is 0 Å². The van der Waals surface area contributed by atoms with E-state index in [4.69, 9.17) is 0 Å². The van der Waals surface area contributed by atoms with E-state index in [0.29, 0.717) is 6.54 Å². The van der Waals surface area contributed by atoms with Crippen LogP contribution >= 0.6 is 0 Å². The lowest BCUT2D eigenvalue weighted by Gasteiger charge is -1.82. The fourth-order valence-corrected chi connectivity index (χ4v) is 0.490. The number of nitrogens with one attached hydrogen (secondary N) is 1. The van der Waals surface area contributed by atoms with Gasteiger partial charge in [0.05, 0.1) is 6.54 Å². The lowest BCUT2D eigenvalue weighted by molar-refractivity contribution is 0.958. The first-order chi connectivity index (χ1) is 3.93. The molecule has 0 radical (unpaired) electrons. The molecule has 42 valence electrons. The molecule has 0 unspecified atom stereocenters. The van der Waals surface area contributed by atoms with Crippen molar-refractivity contribution in [2.75, 3.05) is 0 Å². The molecule has 0 aliphatic carbocycles. The van der Waals surface area contributed by atoms with Crippen molar-refractivity contribution in [1.82, 2.24) is 9.97 Å². The molecule has 0 aliphatic rings. The molecule has 0 aromatic carbocycles. The van der Waals surface area contributed by atoms with Crippen LogP contribution in [0.5, 0.6) is 0 Å². The third-order valence-electron chi connectivity index (χ3n) is 0.816. The Morgan fingerprint density at radius 2 is 2.75 bits per heavy atom. The fraction of sp³-hybridized carbons (Fsp3) is 0.200. The smallest absolute Gasteiger partial charge is 0.127 e. The Bertz CT molecular complexity index is 154. The van der Waals surface area contributed by atoms with Crippen LogP contribution in [0.3, 0.4) is 0 Å². The van der Waals surface area contributed by atoms with E-state index < -0.39 is 0 Å². The van der Waals surface area contributed by atoms with Crippen molar-refractivity contribution < 1.29 is 0 Å². The maximum absolute atomic E-state index is 3.92. The summed E-state index contributed by atoms with van der Waals surface area (Å²) in [6.45, 7) is 3.90. The Kier molecular flexibility index (Phi) is 1.42. The van der Waals surface area contributed by atoms with Crippen LogP contribution in [0.15, 0.2) is 17.4 Å². The van der Waals surface area contributed by atoms with Gasteiger partial charge in [0.15, 0.2) is 0 Å². The average Bonchev–Trinajstić information content (AvgIpc) is 2.19. The molecule has 0 amide bonds. The summed E-state index contributed by atoms with van der Waals surface area (Å²) in [4.78, 5) is 10.4. The first-order valence-corrected chi connectivity index (χ1v) is 2.34. The highest BCUT2D eigenvalue weighted by atomic mass is 14.9. The predicted octanol–water partition coefficient (Wildman–Crippen LogP) is 0.610. The van der Waals surface area contributed by atoms with Gasteiger partial charge in [0.25, 0.3) is 0 Å². The van der Waals surface area contributed by atoms with Crippen molar-refractivity contribution in [2.24, 2.45) is 4.99 Å². The van der Waals surface area contributed by atoms with Crippen LogP contribution in [0, 0.1) is 0 Å². The van der Waals surface area contributed by atoms with Gasteiger partial charge in [-0.3, -0.25) is 4.99 Å². The monoisotopic (exact) mass is 109 g/mol. The van der Waals surface area contributed by atoms with E-state index >= 15 is 0 Å². The zero-order valence-corrected chi connectivity index (χ0v) is 4.46. The van der Waals surface area contributed by atoms with E-state index in [-0.39, 0.29) is 0 Å². The first-order valence-electron chi connectivity index (χ1n) is 2.34. The summed E-state index contributed by atoms with van der Waals surface area (Å²) >= 11 is 0. The van der Waals surface area contributed by atoms with Crippen LogP contribution in [-0.2, 0) is 6.54 Å². The number of aliphatic imine (C=N–C) groups is 1. The van der Waals surface area contributed by atoms with Crippen LogP contribution in [0.2, 0.25) is 0 Å². The van der Waals surface area contributed by atoms with Gasteiger partial charge in [-0.1, -0.05) is 0 Å². The predicted molar refractivity (Wildman–Crippen MR) is 31.8 cm³/mol. The quantitative estimate of drug-likeness (QED) is 0.555. The average molecular weight is 109 g/mol. The number of aromatic amines is 1. The molecule has 1 aromatic heterocycles. The number of rotatable bonds is 2. The van der Waals surface area contributed by atoms with Crippen molar-refractivity contribution in [3.8, 4) is 0 Å². The molecule has 0 atom stereocenters. The van der Waals surface area contributed by atoms with E-state index in [1.165, 1.54) is 0 Å². The molecule has 1 aromatic rings. The van der Waals surface area contributed by atoms with Crippen molar-refractivity contribution >= 4 is 6.72 Å². The van der Waals surface area contributed by atoms with Crippen LogP contribution in [0.25, 0.3) is 0 Å². The Hall–Kier alpha value is -1.12. The van der Waals surface area contributed by atoms with Crippen LogP contribution in [0.4, 0.5) is 0 Å². The molecule has 0 saturated heterocycles. The largest absolute Gasteiger partial charge is 0.347 e. The molecule has 1 heterocycles. The topological polar surface area (TPSA) is 41.0 Å². The van der Waals surface area contributed by atoms with Crippen molar-refractivity contribution in [3.63, 3.8) is 0 Å². The molecular formula is C5H7N3. The molecule has 3 heteroatoms. The third-order valence-corrected chi connectivity index (χ3v) is 0.816. The van der Waals surface area contributed by atoms with E-state index in [9.17, 15) is 0 Å². The van der Waals surface area contributed by atoms with Crippen LogP contribution < -0.4 is 0 Å². The molecule has 0 spiro atoms. The maximum Gasteiger partial charge on any atom is 0.127 e. The van der Waals surface area contributed by atoms with Gasteiger partial charge < -0.3 is 4.98 Å². The van der Waals surface area contributed by atoms with E-state index in [1.54, 1.807) is 12.4 Å². The lowest BCUT2D eigenvalue weighted by atomic mass is 10.6. The molecule has 3 nitrogen and oxygen atoms in total. The summed E-state index contributed by atoms with van der Waals surface area (Å²) in [5, 5.41) is 0. The van der Waals surface area contributed by atoms with Crippen LogP contribution in [0.1, 0.15) is 5.82 Å². The standard InChI is InChI=1S/C5H7N3/c1-6-4-5-7-2-3-8-5/h2-3H,1,4H2,(H,7,8). The molecule has 0 saturated carbocycles. The zero-order chi connectivity index (χ0) is 5.82. The molecule has 0 bridgehead atoms. The van der Waals surface area contributed by atoms with Crippen LogP contribution in [-0.4, -0.2) is 16.7 Å². The lowest BCUT2D eigenvalue weighted by Crippen LogP contribution is -1.80. The summed E-state index contributed by atoms with van der Waals surface area (Å²) in [6, 6.07) is 0. The van der Waals surface area contributed by atoms with Crippen molar-refractivity contribution in [3.05, 3.63) is 18.2 Å². The van der Waals surface area contributed by atoms with Gasteiger partial charge in [-0.05, 0) is 6.72 Å².